The van der Waals surface area contributed by atoms with Crippen LogP contribution in [0.1, 0.15) is 64.7 Å². The van der Waals surface area contributed by atoms with Gasteiger partial charge in [-0.2, -0.15) is 0 Å². The first-order valence-corrected chi connectivity index (χ1v) is 9.55. The van der Waals surface area contributed by atoms with Gasteiger partial charge >= 0.3 is 0 Å². The Morgan fingerprint density at radius 1 is 1.04 bits per heavy atom. The van der Waals surface area contributed by atoms with Crippen LogP contribution in [0.4, 0.5) is 0 Å². The Kier molecular flexibility index (Phi) is 12.4. The lowest BCUT2D eigenvalue weighted by Gasteiger charge is -2.24. The lowest BCUT2D eigenvalue weighted by atomic mass is 10.1. The Morgan fingerprint density at radius 2 is 1.71 bits per heavy atom. The normalized spacial score (nSPS) is 25.6. The van der Waals surface area contributed by atoms with Crippen LogP contribution in [-0.2, 0) is 9.47 Å². The summed E-state index contributed by atoms with van der Waals surface area (Å²) in [7, 11) is 0. The summed E-state index contributed by atoms with van der Waals surface area (Å²) < 4.78 is 10.9. The standard InChI is InChI=1S/C19H36O5/c1-2-3-4-5-6-7-8-9-10-11-12-13-23-17(14-20)19-18(22)16(21)15-24-19/h8-9,16-22H,2-7,10-15H2,1H3/b9-8+/t16-,17+,18-,19-/m1/s1. The van der Waals surface area contributed by atoms with Gasteiger partial charge in [0, 0.05) is 6.61 Å². The minimum Gasteiger partial charge on any atom is -0.394 e. The molecular formula is C19H36O5. The minimum atomic E-state index is -0.984. The Morgan fingerprint density at radius 3 is 2.29 bits per heavy atom. The van der Waals surface area contributed by atoms with Gasteiger partial charge in [-0.15, -0.1) is 0 Å². The molecule has 3 N–H and O–H groups in total. The van der Waals surface area contributed by atoms with Gasteiger partial charge < -0.3 is 24.8 Å². The zero-order chi connectivity index (χ0) is 17.6. The summed E-state index contributed by atoms with van der Waals surface area (Å²) in [5, 5.41) is 28.6. The lowest BCUT2D eigenvalue weighted by molar-refractivity contribution is -0.101. The van der Waals surface area contributed by atoms with Crippen molar-refractivity contribution < 1.29 is 24.8 Å². The first kappa shape index (κ1) is 21.6. The molecule has 0 aliphatic carbocycles. The van der Waals surface area contributed by atoms with E-state index in [0.717, 1.165) is 19.3 Å². The summed E-state index contributed by atoms with van der Waals surface area (Å²) in [4.78, 5) is 0. The molecule has 0 saturated carbocycles. The highest BCUT2D eigenvalue weighted by atomic mass is 16.6. The van der Waals surface area contributed by atoms with Crippen molar-refractivity contribution >= 4 is 0 Å². The topological polar surface area (TPSA) is 79.2 Å². The predicted octanol–water partition coefficient (Wildman–Crippen LogP) is 2.57. The second kappa shape index (κ2) is 13.8. The molecular weight excluding hydrogens is 308 g/mol. The largest absolute Gasteiger partial charge is 0.394 e. The van der Waals surface area contributed by atoms with Gasteiger partial charge in [-0.1, -0.05) is 44.8 Å². The zero-order valence-electron chi connectivity index (χ0n) is 15.1. The molecule has 4 atom stereocenters. The van der Waals surface area contributed by atoms with Gasteiger partial charge in [0.1, 0.15) is 24.4 Å². The van der Waals surface area contributed by atoms with Crippen molar-refractivity contribution in [1.29, 1.82) is 0 Å². The fourth-order valence-corrected chi connectivity index (χ4v) is 2.90. The molecule has 0 aromatic rings. The predicted molar refractivity (Wildman–Crippen MR) is 94.9 cm³/mol. The number of rotatable bonds is 14. The van der Waals surface area contributed by atoms with Crippen LogP contribution < -0.4 is 0 Å². The van der Waals surface area contributed by atoms with Crippen molar-refractivity contribution in [3.05, 3.63) is 12.2 Å². The number of ether oxygens (including phenoxy) is 2. The highest BCUT2D eigenvalue weighted by molar-refractivity contribution is 4.88. The highest BCUT2D eigenvalue weighted by Gasteiger charge is 2.40. The summed E-state index contributed by atoms with van der Waals surface area (Å²) in [5.41, 5.74) is 0. The molecule has 5 heteroatoms. The quantitative estimate of drug-likeness (QED) is 0.333. The molecule has 0 amide bonds. The average molecular weight is 344 g/mol. The van der Waals surface area contributed by atoms with E-state index in [1.165, 1.54) is 38.5 Å². The molecule has 1 fully saturated rings. The summed E-state index contributed by atoms with van der Waals surface area (Å²) in [6.07, 6.45) is 12.2. The van der Waals surface area contributed by atoms with Crippen LogP contribution in [0.25, 0.3) is 0 Å². The SMILES string of the molecule is CCCCCCC/C=C/CCCCO[C@@H](CO)[C@H]1OC[C@@H](O)[C@H]1O. The number of hydrogen-bond acceptors (Lipinski definition) is 5. The molecule has 1 heterocycles. The van der Waals surface area contributed by atoms with E-state index in [1.54, 1.807) is 0 Å². The molecule has 0 bridgehead atoms. The fraction of sp³-hybridized carbons (Fsp3) is 0.895. The van der Waals surface area contributed by atoms with E-state index >= 15 is 0 Å². The number of aliphatic hydroxyl groups is 3. The van der Waals surface area contributed by atoms with Crippen LogP contribution >= 0.6 is 0 Å². The second-order valence-corrected chi connectivity index (χ2v) is 6.62. The maximum Gasteiger partial charge on any atom is 0.114 e. The summed E-state index contributed by atoms with van der Waals surface area (Å²) >= 11 is 0. The van der Waals surface area contributed by atoms with Crippen molar-refractivity contribution in [1.82, 2.24) is 0 Å². The van der Waals surface area contributed by atoms with Crippen LogP contribution in [0.2, 0.25) is 0 Å². The third-order valence-corrected chi connectivity index (χ3v) is 4.47. The van der Waals surface area contributed by atoms with E-state index in [2.05, 4.69) is 19.1 Å². The molecule has 142 valence electrons. The van der Waals surface area contributed by atoms with Gasteiger partial charge in [-0.3, -0.25) is 0 Å². The fourth-order valence-electron chi connectivity index (χ4n) is 2.90. The van der Waals surface area contributed by atoms with E-state index in [1.807, 2.05) is 0 Å². The number of hydrogen-bond donors (Lipinski definition) is 3. The monoisotopic (exact) mass is 344 g/mol. The molecule has 1 saturated heterocycles. The van der Waals surface area contributed by atoms with E-state index in [0.29, 0.717) is 6.61 Å². The van der Waals surface area contributed by atoms with E-state index < -0.39 is 24.4 Å². The van der Waals surface area contributed by atoms with E-state index in [9.17, 15) is 15.3 Å². The summed E-state index contributed by atoms with van der Waals surface area (Å²) in [5.74, 6) is 0. The van der Waals surface area contributed by atoms with Crippen molar-refractivity contribution in [2.75, 3.05) is 19.8 Å². The van der Waals surface area contributed by atoms with Crippen molar-refractivity contribution in [3.63, 3.8) is 0 Å². The number of allylic oxidation sites excluding steroid dienone is 2. The molecule has 0 radical (unpaired) electrons. The lowest BCUT2D eigenvalue weighted by Crippen LogP contribution is -2.42. The summed E-state index contributed by atoms with van der Waals surface area (Å²) in [6.45, 7) is 2.64. The molecule has 0 aromatic carbocycles. The number of aliphatic hydroxyl groups excluding tert-OH is 3. The molecule has 0 spiro atoms. The first-order chi connectivity index (χ1) is 11.7. The molecule has 0 aromatic heterocycles. The molecule has 0 unspecified atom stereocenters. The van der Waals surface area contributed by atoms with Gasteiger partial charge in [0.15, 0.2) is 0 Å². The van der Waals surface area contributed by atoms with E-state index in [4.69, 9.17) is 9.47 Å². The molecule has 1 aliphatic rings. The number of unbranched alkanes of at least 4 members (excludes halogenated alkanes) is 7. The van der Waals surface area contributed by atoms with Crippen molar-refractivity contribution in [3.8, 4) is 0 Å². The Labute approximate surface area is 146 Å². The van der Waals surface area contributed by atoms with Crippen LogP contribution in [0.15, 0.2) is 12.2 Å². The van der Waals surface area contributed by atoms with Crippen molar-refractivity contribution in [2.45, 2.75) is 89.1 Å². The third-order valence-electron chi connectivity index (χ3n) is 4.47. The van der Waals surface area contributed by atoms with Crippen molar-refractivity contribution in [2.24, 2.45) is 0 Å². The highest BCUT2D eigenvalue weighted by Crippen LogP contribution is 2.19. The Balaban J connectivity index is 1.99. The Hall–Kier alpha value is -0.460. The summed E-state index contributed by atoms with van der Waals surface area (Å²) in [6, 6.07) is 0. The smallest absolute Gasteiger partial charge is 0.114 e. The first-order valence-electron chi connectivity index (χ1n) is 9.55. The zero-order valence-corrected chi connectivity index (χ0v) is 15.1. The van der Waals surface area contributed by atoms with E-state index in [-0.39, 0.29) is 13.2 Å². The Bertz CT molecular complexity index is 321. The van der Waals surface area contributed by atoms with Gasteiger partial charge in [-0.05, 0) is 32.1 Å². The third kappa shape index (κ3) is 8.58. The molecule has 1 aliphatic heterocycles. The maximum absolute atomic E-state index is 9.77. The molecule has 1 rings (SSSR count). The average Bonchev–Trinajstić information content (AvgIpc) is 2.92. The van der Waals surface area contributed by atoms with Gasteiger partial charge in [0.2, 0.25) is 0 Å². The van der Waals surface area contributed by atoms with Crippen LogP contribution in [0.5, 0.6) is 0 Å². The van der Waals surface area contributed by atoms with Crippen LogP contribution in [0.3, 0.4) is 0 Å². The second-order valence-electron chi connectivity index (χ2n) is 6.62. The maximum atomic E-state index is 9.77. The van der Waals surface area contributed by atoms with Crippen LogP contribution in [0, 0.1) is 0 Å². The van der Waals surface area contributed by atoms with Crippen LogP contribution in [-0.4, -0.2) is 59.6 Å². The van der Waals surface area contributed by atoms with Gasteiger partial charge in [0.05, 0.1) is 13.2 Å². The van der Waals surface area contributed by atoms with Gasteiger partial charge in [-0.25, -0.2) is 0 Å². The molecule has 24 heavy (non-hydrogen) atoms. The van der Waals surface area contributed by atoms with Gasteiger partial charge in [0.25, 0.3) is 0 Å². The molecule has 5 nitrogen and oxygen atoms in total. The minimum absolute atomic E-state index is 0.0922.